The van der Waals surface area contributed by atoms with Crippen molar-refractivity contribution in [3.8, 4) is 0 Å². The molecule has 1 aromatic rings. The molecule has 78 valence electrons. The third kappa shape index (κ3) is 3.04. The van der Waals surface area contributed by atoms with Crippen molar-refractivity contribution in [2.45, 2.75) is 0 Å². The number of carboxylic acids is 2. The smallest absolute Gasteiger partial charge is 0.336 e. The Morgan fingerprint density at radius 1 is 0.929 bits per heavy atom. The van der Waals surface area contributed by atoms with Crippen molar-refractivity contribution < 1.29 is 32.2 Å². The standard InChI is InChI=1S/C8H6O4.ClH.H3N/c9-7(10)5-3-1-2-4-6(5)8(11)12;;/h1-4H,(H,9,10)(H,11,12);1H;1H3. The number of benzene rings is 1. The normalized spacial score (nSPS) is 8.00. The van der Waals surface area contributed by atoms with Gasteiger partial charge in [0.1, 0.15) is 0 Å². The van der Waals surface area contributed by atoms with E-state index in [4.69, 9.17) is 10.2 Å². The van der Waals surface area contributed by atoms with Crippen LogP contribution in [0.3, 0.4) is 0 Å². The van der Waals surface area contributed by atoms with Crippen molar-refractivity contribution in [1.82, 2.24) is 6.15 Å². The molecule has 0 aliphatic rings. The predicted octanol–water partition coefficient (Wildman–Crippen LogP) is -1.54. The first kappa shape index (κ1) is 14.9. The first-order valence-electron chi connectivity index (χ1n) is 3.18. The van der Waals surface area contributed by atoms with Crippen molar-refractivity contribution >= 4 is 11.9 Å². The van der Waals surface area contributed by atoms with Crippen molar-refractivity contribution in [2.75, 3.05) is 0 Å². The quantitative estimate of drug-likeness (QED) is 0.560. The third-order valence-corrected chi connectivity index (χ3v) is 1.39. The Bertz CT molecular complexity index is 307. The van der Waals surface area contributed by atoms with Gasteiger partial charge in [0.25, 0.3) is 0 Å². The zero-order chi connectivity index (χ0) is 9.14. The first-order valence-corrected chi connectivity index (χ1v) is 3.18. The minimum Gasteiger partial charge on any atom is -1.00 e. The summed E-state index contributed by atoms with van der Waals surface area (Å²) in [7, 11) is 0. The molecule has 6 heteroatoms. The second kappa shape index (κ2) is 5.95. The molecule has 6 N–H and O–H groups in total. The molecule has 0 aliphatic carbocycles. The lowest BCUT2D eigenvalue weighted by atomic mass is 10.1. The lowest BCUT2D eigenvalue weighted by Crippen LogP contribution is -3.00. The highest BCUT2D eigenvalue weighted by Crippen LogP contribution is 2.07. The number of rotatable bonds is 2. The van der Waals surface area contributed by atoms with Gasteiger partial charge in [-0.05, 0) is 12.1 Å². The number of aromatic carboxylic acids is 2. The minimum atomic E-state index is -1.23. The zero-order valence-electron chi connectivity index (χ0n) is 7.40. The van der Waals surface area contributed by atoms with Crippen LogP contribution in [-0.4, -0.2) is 22.2 Å². The van der Waals surface area contributed by atoms with E-state index in [2.05, 4.69) is 0 Å². The van der Waals surface area contributed by atoms with Crippen molar-refractivity contribution in [2.24, 2.45) is 0 Å². The molecule has 1 rings (SSSR count). The summed E-state index contributed by atoms with van der Waals surface area (Å²) in [5.41, 5.74) is -0.380. The average molecular weight is 220 g/mol. The Hall–Kier alpha value is -1.59. The molecule has 0 spiro atoms. The maximum Gasteiger partial charge on any atom is 0.336 e. The molecule has 0 saturated carbocycles. The molecule has 0 heterocycles. The highest BCUT2D eigenvalue weighted by Gasteiger charge is 2.13. The summed E-state index contributed by atoms with van der Waals surface area (Å²) in [6.45, 7) is 0. The molecule has 1 aromatic carbocycles. The molecular weight excluding hydrogens is 210 g/mol. The van der Waals surface area contributed by atoms with Crippen LogP contribution < -0.4 is 18.6 Å². The molecular formula is C8H10ClNO4. The Labute approximate surface area is 86.4 Å². The molecule has 0 saturated heterocycles. The molecule has 0 amide bonds. The third-order valence-electron chi connectivity index (χ3n) is 1.39. The van der Waals surface area contributed by atoms with Gasteiger partial charge in [0, 0.05) is 0 Å². The van der Waals surface area contributed by atoms with Gasteiger partial charge in [0.05, 0.1) is 11.1 Å². The van der Waals surface area contributed by atoms with Crippen LogP contribution in [0.15, 0.2) is 24.3 Å². The molecule has 0 aliphatic heterocycles. The van der Waals surface area contributed by atoms with Crippen LogP contribution in [0.2, 0.25) is 0 Å². The summed E-state index contributed by atoms with van der Waals surface area (Å²) < 4.78 is 0. The van der Waals surface area contributed by atoms with E-state index in [1.165, 1.54) is 24.3 Å². The zero-order valence-corrected chi connectivity index (χ0v) is 8.15. The van der Waals surface area contributed by atoms with Crippen LogP contribution in [0.25, 0.3) is 0 Å². The van der Waals surface area contributed by atoms with E-state index < -0.39 is 11.9 Å². The first-order chi connectivity index (χ1) is 5.63. The maximum atomic E-state index is 10.5. The molecule has 5 nitrogen and oxygen atoms in total. The summed E-state index contributed by atoms with van der Waals surface area (Å²) in [5, 5.41) is 17.1. The fraction of sp³-hybridized carbons (Fsp3) is 0. The minimum absolute atomic E-state index is 0. The predicted molar refractivity (Wildman–Crippen MR) is 46.3 cm³/mol. The molecule has 0 bridgehead atoms. The fourth-order valence-corrected chi connectivity index (χ4v) is 0.856. The van der Waals surface area contributed by atoms with Gasteiger partial charge in [-0.15, -0.1) is 0 Å². The summed E-state index contributed by atoms with van der Waals surface area (Å²) in [6, 6.07) is 5.48. The van der Waals surface area contributed by atoms with E-state index in [1.54, 1.807) is 0 Å². The lowest BCUT2D eigenvalue weighted by molar-refractivity contribution is -0.0000323. The van der Waals surface area contributed by atoms with E-state index in [9.17, 15) is 9.59 Å². The van der Waals surface area contributed by atoms with Crippen LogP contribution in [0, 0.1) is 0 Å². The van der Waals surface area contributed by atoms with Crippen LogP contribution in [0.5, 0.6) is 0 Å². The maximum absolute atomic E-state index is 10.5. The molecule has 0 unspecified atom stereocenters. The summed E-state index contributed by atoms with van der Waals surface area (Å²) in [6.07, 6.45) is 0. The van der Waals surface area contributed by atoms with Crippen LogP contribution in [-0.2, 0) is 0 Å². The lowest BCUT2D eigenvalue weighted by Gasteiger charge is -1.98. The second-order valence-electron chi connectivity index (χ2n) is 2.16. The number of carboxylic acid groups (broad SMARTS) is 2. The van der Waals surface area contributed by atoms with Gasteiger partial charge in [-0.1, -0.05) is 12.1 Å². The van der Waals surface area contributed by atoms with Crippen LogP contribution in [0.4, 0.5) is 0 Å². The number of carbonyl (C=O) groups is 2. The molecule has 14 heavy (non-hydrogen) atoms. The van der Waals surface area contributed by atoms with Gasteiger partial charge in [-0.3, -0.25) is 0 Å². The van der Waals surface area contributed by atoms with Crippen molar-refractivity contribution in [3.63, 3.8) is 0 Å². The van der Waals surface area contributed by atoms with Crippen LogP contribution in [0.1, 0.15) is 20.7 Å². The summed E-state index contributed by atoms with van der Waals surface area (Å²) in [5.74, 6) is -2.46. The highest BCUT2D eigenvalue weighted by atomic mass is 35.5. The summed E-state index contributed by atoms with van der Waals surface area (Å²) in [4.78, 5) is 20.9. The van der Waals surface area contributed by atoms with E-state index in [-0.39, 0.29) is 29.7 Å². The Morgan fingerprint density at radius 2 is 1.21 bits per heavy atom. The molecule has 0 aromatic heterocycles. The Morgan fingerprint density at radius 3 is 1.43 bits per heavy atom. The Balaban J connectivity index is 0. The monoisotopic (exact) mass is 219 g/mol. The number of hydrogen-bond acceptors (Lipinski definition) is 2. The molecule has 0 fully saturated rings. The van der Waals surface area contributed by atoms with Crippen molar-refractivity contribution in [1.29, 1.82) is 0 Å². The fourth-order valence-electron chi connectivity index (χ4n) is 0.856. The van der Waals surface area contributed by atoms with E-state index >= 15 is 0 Å². The van der Waals surface area contributed by atoms with E-state index in [0.717, 1.165) is 0 Å². The van der Waals surface area contributed by atoms with E-state index in [1.807, 2.05) is 0 Å². The topological polar surface area (TPSA) is 111 Å². The average Bonchev–Trinajstić information content (AvgIpc) is 2.04. The second-order valence-corrected chi connectivity index (χ2v) is 2.16. The van der Waals surface area contributed by atoms with Gasteiger partial charge in [-0.2, -0.15) is 0 Å². The van der Waals surface area contributed by atoms with Gasteiger partial charge in [0.15, 0.2) is 0 Å². The van der Waals surface area contributed by atoms with Gasteiger partial charge >= 0.3 is 11.9 Å². The Kier molecular flexibility index (Phi) is 6.34. The molecule has 0 atom stereocenters. The largest absolute Gasteiger partial charge is 1.00 e. The molecule has 0 radical (unpaired) electrons. The van der Waals surface area contributed by atoms with E-state index in [0.29, 0.717) is 0 Å². The number of quaternary nitrogens is 1. The summed E-state index contributed by atoms with van der Waals surface area (Å²) >= 11 is 0. The van der Waals surface area contributed by atoms with Crippen LogP contribution >= 0.6 is 0 Å². The highest BCUT2D eigenvalue weighted by molar-refractivity contribution is 6.01. The van der Waals surface area contributed by atoms with Crippen molar-refractivity contribution in [3.05, 3.63) is 35.4 Å². The number of halogens is 1. The SMILES string of the molecule is O=C(O)c1ccccc1C(=O)O.[Cl-].[NH4+]. The number of hydrogen-bond donors (Lipinski definition) is 3. The van der Waals surface area contributed by atoms with Gasteiger partial charge < -0.3 is 28.8 Å². The van der Waals surface area contributed by atoms with Gasteiger partial charge in [0.2, 0.25) is 0 Å². The van der Waals surface area contributed by atoms with Gasteiger partial charge in [-0.25, -0.2) is 9.59 Å².